The van der Waals surface area contributed by atoms with Crippen LogP contribution < -0.4 is 5.32 Å². The van der Waals surface area contributed by atoms with Crippen molar-refractivity contribution in [3.8, 4) is 5.69 Å². The number of carbonyl (C=O) groups is 1. The van der Waals surface area contributed by atoms with Crippen LogP contribution in [0.3, 0.4) is 0 Å². The highest BCUT2D eigenvalue weighted by Gasteiger charge is 2.15. The van der Waals surface area contributed by atoms with E-state index in [0.717, 1.165) is 11.5 Å². The van der Waals surface area contributed by atoms with Gasteiger partial charge in [-0.1, -0.05) is 18.2 Å². The maximum atomic E-state index is 12.4. The number of guanidine groups is 1. The first-order valence-corrected chi connectivity index (χ1v) is 9.32. The molecule has 1 N–H and O–H groups in total. The van der Waals surface area contributed by atoms with Crippen LogP contribution in [0.4, 0.5) is 0 Å². The summed E-state index contributed by atoms with van der Waals surface area (Å²) >= 11 is 0. The summed E-state index contributed by atoms with van der Waals surface area (Å²) in [5, 5.41) is 11.4. The van der Waals surface area contributed by atoms with Crippen molar-refractivity contribution in [2.24, 2.45) is 4.99 Å². The number of carbonyl (C=O) groups excluding carboxylic acids is 1. The molecule has 0 saturated carbocycles. The Morgan fingerprint density at radius 1 is 1.19 bits per heavy atom. The number of likely N-dealkylation sites (N-methyl/N-ethyl adjacent to an activating group) is 2. The second-order valence-corrected chi connectivity index (χ2v) is 6.04. The number of hydrogen-bond acceptors (Lipinski definition) is 4. The van der Waals surface area contributed by atoms with E-state index in [-0.39, 0.29) is 12.5 Å². The molecule has 8 heteroatoms. The number of aliphatic imine (C=N–C) groups is 1. The lowest BCUT2D eigenvalue weighted by molar-refractivity contribution is -0.131. The molecule has 1 aromatic carbocycles. The monoisotopic (exact) mass is 371 g/mol. The van der Waals surface area contributed by atoms with Crippen LogP contribution in [0, 0.1) is 0 Å². The summed E-state index contributed by atoms with van der Waals surface area (Å²) in [6.45, 7) is 8.73. The number of benzene rings is 1. The summed E-state index contributed by atoms with van der Waals surface area (Å²) in [5.74, 6) is 1.49. The Morgan fingerprint density at radius 3 is 2.52 bits per heavy atom. The van der Waals surface area contributed by atoms with Crippen LogP contribution >= 0.6 is 0 Å². The zero-order chi connectivity index (χ0) is 19.6. The summed E-state index contributed by atoms with van der Waals surface area (Å²) in [4.78, 5) is 20.7. The van der Waals surface area contributed by atoms with Crippen LogP contribution in [0.5, 0.6) is 0 Å². The molecule has 0 aliphatic carbocycles. The predicted molar refractivity (Wildman–Crippen MR) is 107 cm³/mol. The molecule has 2 aromatic rings. The zero-order valence-electron chi connectivity index (χ0n) is 16.6. The summed E-state index contributed by atoms with van der Waals surface area (Å²) in [5.41, 5.74) is 0.989. The van der Waals surface area contributed by atoms with E-state index >= 15 is 0 Å². The zero-order valence-corrected chi connectivity index (χ0v) is 16.6. The molecular weight excluding hydrogens is 342 g/mol. The second-order valence-electron chi connectivity index (χ2n) is 6.04. The summed E-state index contributed by atoms with van der Waals surface area (Å²) in [6.07, 6.45) is 1.68. The first-order chi connectivity index (χ1) is 13.1. The van der Waals surface area contributed by atoms with E-state index in [1.165, 1.54) is 0 Å². The van der Waals surface area contributed by atoms with Crippen molar-refractivity contribution in [3.05, 3.63) is 42.5 Å². The molecule has 1 amide bonds. The van der Waals surface area contributed by atoms with Crippen LogP contribution in [0.25, 0.3) is 5.69 Å². The Morgan fingerprint density at radius 2 is 1.89 bits per heavy atom. The van der Waals surface area contributed by atoms with Crippen molar-refractivity contribution in [3.63, 3.8) is 0 Å². The Hall–Kier alpha value is -2.90. The van der Waals surface area contributed by atoms with Crippen LogP contribution in [0.1, 0.15) is 26.6 Å². The van der Waals surface area contributed by atoms with Crippen LogP contribution in [0.2, 0.25) is 0 Å². The van der Waals surface area contributed by atoms with E-state index in [2.05, 4.69) is 20.5 Å². The average molecular weight is 371 g/mol. The molecule has 0 saturated heterocycles. The molecule has 0 radical (unpaired) electrons. The van der Waals surface area contributed by atoms with Gasteiger partial charge < -0.3 is 15.1 Å². The minimum Gasteiger partial charge on any atom is -0.357 e. The number of para-hydroxylation sites is 1. The average Bonchev–Trinajstić information content (AvgIpc) is 3.15. The first-order valence-electron chi connectivity index (χ1n) is 9.32. The van der Waals surface area contributed by atoms with Crippen molar-refractivity contribution < 1.29 is 4.79 Å². The highest BCUT2D eigenvalue weighted by molar-refractivity contribution is 5.86. The molecule has 0 aliphatic heterocycles. The largest absolute Gasteiger partial charge is 0.357 e. The van der Waals surface area contributed by atoms with Gasteiger partial charge in [0, 0.05) is 32.4 Å². The number of aromatic nitrogens is 3. The van der Waals surface area contributed by atoms with E-state index in [9.17, 15) is 4.79 Å². The third kappa shape index (κ3) is 5.54. The third-order valence-corrected chi connectivity index (χ3v) is 4.21. The fraction of sp³-hybridized carbons (Fsp3) is 0.474. The molecule has 1 aromatic heterocycles. The van der Waals surface area contributed by atoms with Gasteiger partial charge in [-0.25, -0.2) is 4.99 Å². The van der Waals surface area contributed by atoms with E-state index in [4.69, 9.17) is 0 Å². The summed E-state index contributed by atoms with van der Waals surface area (Å²) < 4.78 is 1.91. The van der Waals surface area contributed by atoms with Gasteiger partial charge in [-0.15, -0.1) is 10.2 Å². The van der Waals surface area contributed by atoms with Crippen LogP contribution in [-0.4, -0.2) is 69.7 Å². The molecule has 0 spiro atoms. The Kier molecular flexibility index (Phi) is 7.79. The Labute approximate surface area is 160 Å². The number of amides is 1. The molecule has 0 fully saturated rings. The SMILES string of the molecule is CCNC(=NCc1nncn1-c1ccccc1)N(C)CC(=O)N(CC)CC. The van der Waals surface area contributed by atoms with E-state index in [1.807, 2.05) is 72.5 Å². The lowest BCUT2D eigenvalue weighted by Gasteiger charge is -2.25. The number of rotatable bonds is 8. The summed E-state index contributed by atoms with van der Waals surface area (Å²) in [6, 6.07) is 9.90. The Balaban J connectivity index is 2.12. The van der Waals surface area contributed by atoms with Gasteiger partial charge in [-0.05, 0) is 32.9 Å². The van der Waals surface area contributed by atoms with Gasteiger partial charge in [0.25, 0.3) is 0 Å². The standard InChI is InChI=1S/C19H29N7O/c1-5-20-19(24(4)14-18(27)25(6-2)7-3)21-13-17-23-22-15-26(17)16-11-9-8-10-12-16/h8-12,15H,5-7,13-14H2,1-4H3,(H,20,21). The number of nitrogens with one attached hydrogen (secondary N) is 1. The van der Waals surface area contributed by atoms with Gasteiger partial charge in [0.15, 0.2) is 11.8 Å². The van der Waals surface area contributed by atoms with Crippen molar-refractivity contribution in [2.75, 3.05) is 33.2 Å². The molecule has 0 bridgehead atoms. The first kappa shape index (κ1) is 20.4. The predicted octanol–water partition coefficient (Wildman–Crippen LogP) is 1.53. The third-order valence-electron chi connectivity index (χ3n) is 4.21. The fourth-order valence-electron chi connectivity index (χ4n) is 2.74. The van der Waals surface area contributed by atoms with Crippen molar-refractivity contribution in [1.29, 1.82) is 0 Å². The number of nitrogens with zero attached hydrogens (tertiary/aromatic N) is 6. The highest BCUT2D eigenvalue weighted by Crippen LogP contribution is 2.09. The topological polar surface area (TPSA) is 78.6 Å². The molecule has 1 heterocycles. The normalized spacial score (nSPS) is 11.3. The van der Waals surface area contributed by atoms with Gasteiger partial charge in [0.05, 0.1) is 6.54 Å². The van der Waals surface area contributed by atoms with Crippen molar-refractivity contribution >= 4 is 11.9 Å². The second kappa shape index (κ2) is 10.3. The summed E-state index contributed by atoms with van der Waals surface area (Å²) in [7, 11) is 1.87. The van der Waals surface area contributed by atoms with Gasteiger partial charge in [-0.2, -0.15) is 0 Å². The molecule has 27 heavy (non-hydrogen) atoms. The van der Waals surface area contributed by atoms with E-state index in [0.29, 0.717) is 32.1 Å². The smallest absolute Gasteiger partial charge is 0.242 e. The minimum atomic E-state index is 0.0838. The quantitative estimate of drug-likeness (QED) is 0.562. The molecular formula is C19H29N7O. The van der Waals surface area contributed by atoms with E-state index < -0.39 is 0 Å². The minimum absolute atomic E-state index is 0.0838. The van der Waals surface area contributed by atoms with Gasteiger partial charge in [-0.3, -0.25) is 9.36 Å². The lowest BCUT2D eigenvalue weighted by atomic mass is 10.3. The molecule has 0 unspecified atom stereocenters. The van der Waals surface area contributed by atoms with Crippen molar-refractivity contribution in [1.82, 2.24) is 29.9 Å². The highest BCUT2D eigenvalue weighted by atomic mass is 16.2. The maximum Gasteiger partial charge on any atom is 0.242 e. The molecule has 0 atom stereocenters. The Bertz CT molecular complexity index is 738. The number of hydrogen-bond donors (Lipinski definition) is 1. The van der Waals surface area contributed by atoms with Gasteiger partial charge in [0.2, 0.25) is 5.91 Å². The van der Waals surface area contributed by atoms with Gasteiger partial charge in [0.1, 0.15) is 12.9 Å². The van der Waals surface area contributed by atoms with Crippen LogP contribution in [0.15, 0.2) is 41.7 Å². The molecule has 146 valence electrons. The lowest BCUT2D eigenvalue weighted by Crippen LogP contribution is -2.45. The van der Waals surface area contributed by atoms with Gasteiger partial charge >= 0.3 is 0 Å². The molecule has 2 rings (SSSR count). The molecule has 8 nitrogen and oxygen atoms in total. The van der Waals surface area contributed by atoms with Crippen LogP contribution in [-0.2, 0) is 11.3 Å². The molecule has 0 aliphatic rings. The fourth-order valence-corrected chi connectivity index (χ4v) is 2.74. The van der Waals surface area contributed by atoms with E-state index in [1.54, 1.807) is 6.33 Å². The van der Waals surface area contributed by atoms with Crippen molar-refractivity contribution in [2.45, 2.75) is 27.3 Å². The maximum absolute atomic E-state index is 12.4.